The highest BCUT2D eigenvalue weighted by Crippen LogP contribution is 2.47. The van der Waals surface area contributed by atoms with Crippen LogP contribution < -0.4 is 5.32 Å². The molecule has 114 valence electrons. The molecule has 2 unspecified atom stereocenters. The number of carbonyl (C=O) groups is 1. The van der Waals surface area contributed by atoms with Crippen LogP contribution in [0.3, 0.4) is 0 Å². The zero-order chi connectivity index (χ0) is 15.0. The number of rotatable bonds is 5. The molecule has 1 saturated carbocycles. The van der Waals surface area contributed by atoms with Gasteiger partial charge in [-0.1, -0.05) is 44.0 Å². The Hall–Kier alpha value is -1.06. The van der Waals surface area contributed by atoms with Crippen molar-refractivity contribution < 1.29 is 4.79 Å². The Labute approximate surface area is 131 Å². The fourth-order valence-electron chi connectivity index (χ4n) is 3.41. The third-order valence-corrected chi connectivity index (χ3v) is 4.97. The van der Waals surface area contributed by atoms with Crippen molar-refractivity contribution in [2.75, 3.05) is 0 Å². The van der Waals surface area contributed by atoms with Crippen molar-refractivity contribution in [1.29, 1.82) is 0 Å². The van der Waals surface area contributed by atoms with Crippen LogP contribution in [0.4, 0.5) is 0 Å². The van der Waals surface area contributed by atoms with Crippen LogP contribution in [0.2, 0.25) is 5.02 Å². The molecule has 21 heavy (non-hydrogen) atoms. The Kier molecular flexibility index (Phi) is 3.98. The summed E-state index contributed by atoms with van der Waals surface area (Å²) in [5.41, 5.74) is 0.808. The minimum absolute atomic E-state index is 0.0322. The highest BCUT2D eigenvalue weighted by atomic mass is 35.5. The second-order valence-electron chi connectivity index (χ2n) is 6.25. The van der Waals surface area contributed by atoms with Crippen LogP contribution in [0.25, 0.3) is 0 Å². The summed E-state index contributed by atoms with van der Waals surface area (Å²) >= 11 is 6.14. The average Bonchev–Trinajstić information content (AvgIpc) is 3.20. The molecule has 1 heterocycles. The van der Waals surface area contributed by atoms with Crippen molar-refractivity contribution in [3.05, 3.63) is 34.9 Å². The van der Waals surface area contributed by atoms with Crippen LogP contribution in [0.1, 0.15) is 57.7 Å². The second-order valence-corrected chi connectivity index (χ2v) is 6.68. The van der Waals surface area contributed by atoms with Crippen LogP contribution in [0.5, 0.6) is 0 Å². The number of amides is 1. The third kappa shape index (κ3) is 2.58. The predicted octanol–water partition coefficient (Wildman–Crippen LogP) is 3.88. The first-order valence-electron chi connectivity index (χ1n) is 7.97. The SMILES string of the molecule is CCCC(CC)N1C(=O)C2(CC2)NC1c1cccc(Cl)c1. The van der Waals surface area contributed by atoms with Crippen LogP contribution in [0, 0.1) is 0 Å². The molecule has 1 amide bonds. The zero-order valence-electron chi connectivity index (χ0n) is 12.7. The molecule has 1 aliphatic heterocycles. The minimum atomic E-state index is -0.284. The van der Waals surface area contributed by atoms with E-state index in [1.807, 2.05) is 18.2 Å². The van der Waals surface area contributed by atoms with Crippen LogP contribution in [0.15, 0.2) is 24.3 Å². The van der Waals surface area contributed by atoms with E-state index in [9.17, 15) is 4.79 Å². The predicted molar refractivity (Wildman–Crippen MR) is 85.1 cm³/mol. The quantitative estimate of drug-likeness (QED) is 0.895. The van der Waals surface area contributed by atoms with E-state index in [-0.39, 0.29) is 17.6 Å². The van der Waals surface area contributed by atoms with Gasteiger partial charge in [-0.3, -0.25) is 10.1 Å². The van der Waals surface area contributed by atoms with E-state index in [2.05, 4.69) is 30.1 Å². The van der Waals surface area contributed by atoms with Gasteiger partial charge in [0.25, 0.3) is 0 Å². The minimum Gasteiger partial charge on any atom is -0.318 e. The largest absolute Gasteiger partial charge is 0.318 e. The molecule has 1 saturated heterocycles. The molecule has 2 aliphatic rings. The molecule has 1 aromatic carbocycles. The summed E-state index contributed by atoms with van der Waals surface area (Å²) in [5, 5.41) is 4.30. The molecule has 3 rings (SSSR count). The molecule has 4 heteroatoms. The highest BCUT2D eigenvalue weighted by molar-refractivity contribution is 6.30. The molecular formula is C17H23ClN2O. The lowest BCUT2D eigenvalue weighted by Crippen LogP contribution is -2.40. The van der Waals surface area contributed by atoms with Gasteiger partial charge in [-0.05, 0) is 43.4 Å². The van der Waals surface area contributed by atoms with Gasteiger partial charge in [0, 0.05) is 11.1 Å². The molecule has 0 radical (unpaired) electrons. The average molecular weight is 307 g/mol. The van der Waals surface area contributed by atoms with Crippen molar-refractivity contribution in [1.82, 2.24) is 10.2 Å². The number of hydrogen-bond acceptors (Lipinski definition) is 2. The Morgan fingerprint density at radius 2 is 2.19 bits per heavy atom. The summed E-state index contributed by atoms with van der Waals surface area (Å²) in [6, 6.07) is 8.17. The molecular weight excluding hydrogens is 284 g/mol. The first-order chi connectivity index (χ1) is 10.1. The van der Waals surface area contributed by atoms with Gasteiger partial charge in [0.1, 0.15) is 11.7 Å². The molecule has 3 nitrogen and oxygen atoms in total. The van der Waals surface area contributed by atoms with Gasteiger partial charge in [-0.25, -0.2) is 0 Å². The number of halogens is 1. The summed E-state index contributed by atoms with van der Waals surface area (Å²) in [7, 11) is 0. The normalized spacial score (nSPS) is 24.6. The van der Waals surface area contributed by atoms with Gasteiger partial charge < -0.3 is 4.90 Å². The van der Waals surface area contributed by atoms with Gasteiger partial charge in [0.2, 0.25) is 5.91 Å². The topological polar surface area (TPSA) is 32.3 Å². The van der Waals surface area contributed by atoms with Crippen molar-refractivity contribution in [3.63, 3.8) is 0 Å². The van der Waals surface area contributed by atoms with Gasteiger partial charge in [0.15, 0.2) is 0 Å². The van der Waals surface area contributed by atoms with Gasteiger partial charge in [-0.2, -0.15) is 0 Å². The number of hydrogen-bond donors (Lipinski definition) is 1. The van der Waals surface area contributed by atoms with Crippen LogP contribution in [-0.4, -0.2) is 22.4 Å². The van der Waals surface area contributed by atoms with E-state index in [1.54, 1.807) is 0 Å². The number of nitrogens with zero attached hydrogens (tertiary/aromatic N) is 1. The van der Waals surface area contributed by atoms with Crippen molar-refractivity contribution >= 4 is 17.5 Å². The molecule has 1 spiro atoms. The Morgan fingerprint density at radius 3 is 2.76 bits per heavy atom. The molecule has 2 fully saturated rings. The van der Waals surface area contributed by atoms with E-state index in [0.717, 1.165) is 42.7 Å². The fraction of sp³-hybridized carbons (Fsp3) is 0.588. The summed E-state index contributed by atoms with van der Waals surface area (Å²) in [6.45, 7) is 4.35. The molecule has 1 aromatic rings. The first-order valence-corrected chi connectivity index (χ1v) is 8.35. The lowest BCUT2D eigenvalue weighted by atomic mass is 10.0. The van der Waals surface area contributed by atoms with E-state index >= 15 is 0 Å². The fourth-order valence-corrected chi connectivity index (χ4v) is 3.61. The Morgan fingerprint density at radius 1 is 1.43 bits per heavy atom. The van der Waals surface area contributed by atoms with E-state index in [4.69, 9.17) is 11.6 Å². The second kappa shape index (κ2) is 5.62. The van der Waals surface area contributed by atoms with Crippen LogP contribution in [-0.2, 0) is 4.79 Å². The van der Waals surface area contributed by atoms with Gasteiger partial charge in [-0.15, -0.1) is 0 Å². The number of nitrogens with one attached hydrogen (secondary N) is 1. The maximum atomic E-state index is 12.9. The Bertz CT molecular complexity index is 541. The lowest BCUT2D eigenvalue weighted by molar-refractivity contribution is -0.133. The number of carbonyl (C=O) groups excluding carboxylic acids is 1. The maximum Gasteiger partial charge on any atom is 0.244 e. The molecule has 2 atom stereocenters. The summed E-state index contributed by atoms with van der Waals surface area (Å²) in [4.78, 5) is 14.9. The van der Waals surface area contributed by atoms with E-state index < -0.39 is 0 Å². The van der Waals surface area contributed by atoms with Crippen molar-refractivity contribution in [2.24, 2.45) is 0 Å². The van der Waals surface area contributed by atoms with Gasteiger partial charge in [0.05, 0.1) is 0 Å². The standard InChI is InChI=1S/C17H23ClN2O/c1-3-6-14(4-2)20-15(12-7-5-8-13(18)11-12)19-17(9-10-17)16(20)21/h5,7-8,11,14-15,19H,3-4,6,9-10H2,1-2H3. The van der Waals surface area contributed by atoms with Gasteiger partial charge >= 0.3 is 0 Å². The molecule has 0 bridgehead atoms. The van der Waals surface area contributed by atoms with Crippen molar-refractivity contribution in [2.45, 2.75) is 63.7 Å². The lowest BCUT2D eigenvalue weighted by Gasteiger charge is -2.32. The van der Waals surface area contributed by atoms with E-state index in [0.29, 0.717) is 6.04 Å². The zero-order valence-corrected chi connectivity index (χ0v) is 13.5. The van der Waals surface area contributed by atoms with E-state index in [1.165, 1.54) is 0 Å². The first kappa shape index (κ1) is 14.9. The Balaban J connectivity index is 1.94. The van der Waals surface area contributed by atoms with Crippen LogP contribution >= 0.6 is 11.6 Å². The summed E-state index contributed by atoms with van der Waals surface area (Å²) in [5.74, 6) is 0.285. The van der Waals surface area contributed by atoms with Crippen molar-refractivity contribution in [3.8, 4) is 0 Å². The summed E-state index contributed by atoms with van der Waals surface area (Å²) < 4.78 is 0. The maximum absolute atomic E-state index is 12.9. The molecule has 1 N–H and O–H groups in total. The number of benzene rings is 1. The smallest absolute Gasteiger partial charge is 0.244 e. The molecule has 0 aromatic heterocycles. The molecule has 1 aliphatic carbocycles. The monoisotopic (exact) mass is 306 g/mol. The third-order valence-electron chi connectivity index (χ3n) is 4.74. The summed E-state index contributed by atoms with van der Waals surface area (Å²) in [6.07, 6.45) is 5.03. The highest BCUT2D eigenvalue weighted by Gasteiger charge is 2.60.